The summed E-state index contributed by atoms with van der Waals surface area (Å²) in [6, 6.07) is 10.8. The van der Waals surface area contributed by atoms with Gasteiger partial charge in [-0.05, 0) is 75.7 Å². The van der Waals surface area contributed by atoms with Crippen molar-refractivity contribution in [2.45, 2.75) is 129 Å². The normalized spacial score (nSPS) is 14.8. The third-order valence-electron chi connectivity index (χ3n) is 7.54. The SMILES string of the molecule is CCCCCCCC/C=C\CCCCCCCC(=O)N1CCC(CCCc2ccccc2)CC1. The first-order valence-electron chi connectivity index (χ1n) is 14.8. The van der Waals surface area contributed by atoms with E-state index in [0.717, 1.165) is 31.8 Å². The molecule has 192 valence electrons. The van der Waals surface area contributed by atoms with Crippen LogP contribution in [0.4, 0.5) is 0 Å². The maximum absolute atomic E-state index is 12.6. The molecular formula is C32H53NO. The van der Waals surface area contributed by atoms with E-state index < -0.39 is 0 Å². The van der Waals surface area contributed by atoms with Crippen LogP contribution in [0.15, 0.2) is 42.5 Å². The molecule has 0 saturated carbocycles. The summed E-state index contributed by atoms with van der Waals surface area (Å²) in [6.07, 6.45) is 28.7. The molecule has 1 aliphatic rings. The highest BCUT2D eigenvalue weighted by Gasteiger charge is 2.22. The second-order valence-corrected chi connectivity index (χ2v) is 10.5. The van der Waals surface area contributed by atoms with Crippen LogP contribution in [0.1, 0.15) is 128 Å². The van der Waals surface area contributed by atoms with Gasteiger partial charge >= 0.3 is 0 Å². The van der Waals surface area contributed by atoms with E-state index in [9.17, 15) is 4.79 Å². The first-order valence-corrected chi connectivity index (χ1v) is 14.8. The molecule has 0 aliphatic carbocycles. The van der Waals surface area contributed by atoms with Gasteiger partial charge in [0.15, 0.2) is 0 Å². The lowest BCUT2D eigenvalue weighted by atomic mass is 9.90. The van der Waals surface area contributed by atoms with Crippen LogP contribution in [0, 0.1) is 5.92 Å². The number of hydrogen-bond acceptors (Lipinski definition) is 1. The molecule has 0 atom stereocenters. The van der Waals surface area contributed by atoms with Gasteiger partial charge in [-0.2, -0.15) is 0 Å². The van der Waals surface area contributed by atoms with Crippen LogP contribution in [0.25, 0.3) is 0 Å². The number of allylic oxidation sites excluding steroid dienone is 2. The van der Waals surface area contributed by atoms with Gasteiger partial charge in [0.05, 0.1) is 0 Å². The van der Waals surface area contributed by atoms with Crippen molar-refractivity contribution < 1.29 is 4.79 Å². The zero-order chi connectivity index (χ0) is 24.1. The highest BCUT2D eigenvalue weighted by atomic mass is 16.2. The summed E-state index contributed by atoms with van der Waals surface area (Å²) in [6.45, 7) is 4.25. The Morgan fingerprint density at radius 1 is 0.794 bits per heavy atom. The summed E-state index contributed by atoms with van der Waals surface area (Å²) in [7, 11) is 0. The maximum atomic E-state index is 12.6. The number of likely N-dealkylation sites (tertiary alicyclic amines) is 1. The molecule has 1 fully saturated rings. The minimum atomic E-state index is 0.403. The first kappa shape index (κ1) is 28.7. The second kappa shape index (κ2) is 19.7. The molecule has 2 nitrogen and oxygen atoms in total. The Kier molecular flexibility index (Phi) is 16.6. The van der Waals surface area contributed by atoms with Crippen LogP contribution < -0.4 is 0 Å². The van der Waals surface area contributed by atoms with Crippen LogP contribution >= 0.6 is 0 Å². The minimum Gasteiger partial charge on any atom is -0.343 e. The van der Waals surface area contributed by atoms with Gasteiger partial charge in [0.25, 0.3) is 0 Å². The van der Waals surface area contributed by atoms with Gasteiger partial charge in [-0.15, -0.1) is 0 Å². The minimum absolute atomic E-state index is 0.403. The number of carbonyl (C=O) groups excluding carboxylic acids is 1. The predicted molar refractivity (Wildman–Crippen MR) is 148 cm³/mol. The number of nitrogens with zero attached hydrogens (tertiary/aromatic N) is 1. The Labute approximate surface area is 211 Å². The summed E-state index contributed by atoms with van der Waals surface area (Å²) in [4.78, 5) is 14.7. The van der Waals surface area contributed by atoms with Crippen molar-refractivity contribution in [3.63, 3.8) is 0 Å². The van der Waals surface area contributed by atoms with E-state index in [1.807, 2.05) is 0 Å². The largest absolute Gasteiger partial charge is 0.343 e. The number of aryl methyl sites for hydroxylation is 1. The summed E-state index contributed by atoms with van der Waals surface area (Å²) < 4.78 is 0. The van der Waals surface area contributed by atoms with Crippen molar-refractivity contribution >= 4 is 5.91 Å². The zero-order valence-corrected chi connectivity index (χ0v) is 22.3. The smallest absolute Gasteiger partial charge is 0.222 e. The zero-order valence-electron chi connectivity index (χ0n) is 22.3. The number of hydrogen-bond donors (Lipinski definition) is 0. The molecule has 1 amide bonds. The molecule has 2 rings (SSSR count). The molecule has 1 aliphatic heterocycles. The van der Waals surface area contributed by atoms with Crippen LogP contribution in [0.5, 0.6) is 0 Å². The van der Waals surface area contributed by atoms with Crippen molar-refractivity contribution in [3.05, 3.63) is 48.0 Å². The van der Waals surface area contributed by atoms with Gasteiger partial charge in [-0.3, -0.25) is 4.79 Å². The van der Waals surface area contributed by atoms with Crippen molar-refractivity contribution in [2.24, 2.45) is 5.92 Å². The average Bonchev–Trinajstić information content (AvgIpc) is 2.87. The fraction of sp³-hybridized carbons (Fsp3) is 0.719. The lowest BCUT2D eigenvalue weighted by Crippen LogP contribution is -2.38. The van der Waals surface area contributed by atoms with Crippen molar-refractivity contribution in [1.29, 1.82) is 0 Å². The lowest BCUT2D eigenvalue weighted by molar-refractivity contribution is -0.132. The van der Waals surface area contributed by atoms with E-state index in [1.54, 1.807) is 0 Å². The summed E-state index contributed by atoms with van der Waals surface area (Å²) >= 11 is 0. The van der Waals surface area contributed by atoms with Gasteiger partial charge in [0, 0.05) is 19.5 Å². The van der Waals surface area contributed by atoms with Gasteiger partial charge in [0.1, 0.15) is 0 Å². The maximum Gasteiger partial charge on any atom is 0.222 e. The standard InChI is InChI=1S/C32H53NO/c1-2-3-4-5-6-7-8-9-10-11-12-13-14-15-19-25-32(34)33-28-26-31(27-29-33)24-20-23-30-21-17-16-18-22-30/h9-10,16-18,21-22,31H,2-8,11-15,19-20,23-29H2,1H3/b10-9-. The monoisotopic (exact) mass is 467 g/mol. The number of piperidine rings is 1. The molecular weight excluding hydrogens is 414 g/mol. The lowest BCUT2D eigenvalue weighted by Gasteiger charge is -2.32. The van der Waals surface area contributed by atoms with E-state index in [-0.39, 0.29) is 0 Å². The molecule has 0 bridgehead atoms. The Hall–Kier alpha value is -1.57. The fourth-order valence-corrected chi connectivity index (χ4v) is 5.22. The van der Waals surface area contributed by atoms with Crippen molar-refractivity contribution in [3.8, 4) is 0 Å². The molecule has 0 spiro atoms. The fourth-order valence-electron chi connectivity index (χ4n) is 5.22. The molecule has 34 heavy (non-hydrogen) atoms. The van der Waals surface area contributed by atoms with E-state index in [4.69, 9.17) is 0 Å². The molecule has 2 heteroatoms. The van der Waals surface area contributed by atoms with E-state index >= 15 is 0 Å². The second-order valence-electron chi connectivity index (χ2n) is 10.5. The average molecular weight is 468 g/mol. The highest BCUT2D eigenvalue weighted by Crippen LogP contribution is 2.23. The number of carbonyl (C=O) groups is 1. The van der Waals surface area contributed by atoms with Crippen molar-refractivity contribution in [1.82, 2.24) is 4.90 Å². The Bertz CT molecular complexity index is 630. The van der Waals surface area contributed by atoms with E-state index in [1.165, 1.54) is 115 Å². The van der Waals surface area contributed by atoms with Gasteiger partial charge in [-0.1, -0.05) is 101 Å². The molecule has 1 saturated heterocycles. The molecule has 1 heterocycles. The van der Waals surface area contributed by atoms with Crippen LogP contribution in [-0.4, -0.2) is 23.9 Å². The Morgan fingerprint density at radius 3 is 2.03 bits per heavy atom. The number of benzene rings is 1. The van der Waals surface area contributed by atoms with Gasteiger partial charge in [-0.25, -0.2) is 0 Å². The summed E-state index contributed by atoms with van der Waals surface area (Å²) in [5, 5.41) is 0. The first-order chi connectivity index (χ1) is 16.8. The molecule has 0 unspecified atom stereocenters. The van der Waals surface area contributed by atoms with E-state index in [0.29, 0.717) is 5.91 Å². The molecule has 0 N–H and O–H groups in total. The topological polar surface area (TPSA) is 20.3 Å². The van der Waals surface area contributed by atoms with Gasteiger partial charge in [0.2, 0.25) is 5.91 Å². The molecule has 0 aromatic heterocycles. The van der Waals surface area contributed by atoms with Crippen LogP contribution in [0.2, 0.25) is 0 Å². The van der Waals surface area contributed by atoms with Crippen LogP contribution in [-0.2, 0) is 11.2 Å². The third kappa shape index (κ3) is 14.0. The highest BCUT2D eigenvalue weighted by molar-refractivity contribution is 5.76. The molecule has 1 aromatic rings. The third-order valence-corrected chi connectivity index (χ3v) is 7.54. The number of unbranched alkanes of at least 4 members (excludes halogenated alkanes) is 11. The van der Waals surface area contributed by atoms with Crippen molar-refractivity contribution in [2.75, 3.05) is 13.1 Å². The Balaban J connectivity index is 1.37. The van der Waals surface area contributed by atoms with Gasteiger partial charge < -0.3 is 4.90 Å². The summed E-state index contributed by atoms with van der Waals surface area (Å²) in [5.41, 5.74) is 1.45. The Morgan fingerprint density at radius 2 is 1.38 bits per heavy atom. The predicted octanol–water partition coefficient (Wildman–Crippen LogP) is 9.29. The van der Waals surface area contributed by atoms with E-state index in [2.05, 4.69) is 54.3 Å². The number of amides is 1. The molecule has 0 radical (unpaired) electrons. The number of rotatable bonds is 19. The molecule has 1 aromatic carbocycles. The summed E-state index contributed by atoms with van der Waals surface area (Å²) in [5.74, 6) is 1.22. The quantitative estimate of drug-likeness (QED) is 0.147. The van der Waals surface area contributed by atoms with Crippen LogP contribution in [0.3, 0.4) is 0 Å².